The molecule has 2 nitrogen and oxygen atoms in total. The Labute approximate surface area is 111 Å². The Kier molecular flexibility index (Phi) is 17.2. The predicted molar refractivity (Wildman–Crippen MR) is 62.7 cm³/mol. The molecule has 0 saturated carbocycles. The minimum atomic E-state index is -0.569. The number of ether oxygens (including phenoxy) is 1. The van der Waals surface area contributed by atoms with Gasteiger partial charge in [-0.15, -0.1) is 0 Å². The SMILES string of the molecule is [CH2]C(O)COCCCCCCCC.[NaH]. The van der Waals surface area contributed by atoms with Gasteiger partial charge in [0.25, 0.3) is 0 Å². The fraction of sp³-hybridized carbons (Fsp3) is 0.909. The molecule has 14 heavy (non-hydrogen) atoms. The standard InChI is InChI=1S/C11H23O2.Na.H/c1-3-4-5-6-7-8-9-13-10-11(2)12;;/h11-12H,2-10H2,1H3;;. The van der Waals surface area contributed by atoms with Gasteiger partial charge in [0.05, 0.1) is 12.7 Å². The molecule has 1 unspecified atom stereocenters. The fourth-order valence-corrected chi connectivity index (χ4v) is 1.20. The van der Waals surface area contributed by atoms with Crippen LogP contribution in [0.2, 0.25) is 0 Å². The second-order valence-electron chi connectivity index (χ2n) is 3.50. The Morgan fingerprint density at radius 1 is 1.14 bits per heavy atom. The van der Waals surface area contributed by atoms with Crippen LogP contribution in [0.15, 0.2) is 0 Å². The summed E-state index contributed by atoms with van der Waals surface area (Å²) in [6.45, 7) is 6.78. The summed E-state index contributed by atoms with van der Waals surface area (Å²) in [5, 5.41) is 8.79. The molecule has 0 aromatic carbocycles. The second-order valence-corrected chi connectivity index (χ2v) is 3.50. The van der Waals surface area contributed by atoms with Crippen LogP contribution in [0.1, 0.15) is 45.4 Å². The molecule has 3 heteroatoms. The van der Waals surface area contributed by atoms with Crippen LogP contribution in [0.4, 0.5) is 0 Å². The van der Waals surface area contributed by atoms with Gasteiger partial charge in [-0.1, -0.05) is 39.0 Å². The molecule has 0 saturated heterocycles. The molecule has 0 fully saturated rings. The maximum atomic E-state index is 8.79. The molecule has 1 atom stereocenters. The molecule has 1 N–H and O–H groups in total. The second kappa shape index (κ2) is 13.9. The van der Waals surface area contributed by atoms with E-state index in [0.717, 1.165) is 13.0 Å². The van der Waals surface area contributed by atoms with Crippen molar-refractivity contribution < 1.29 is 9.84 Å². The topological polar surface area (TPSA) is 29.5 Å². The molecular formula is C11H24NaO2. The average molecular weight is 211 g/mol. The first-order valence-corrected chi connectivity index (χ1v) is 5.36. The van der Waals surface area contributed by atoms with Crippen molar-refractivity contribution in [3.63, 3.8) is 0 Å². The van der Waals surface area contributed by atoms with Gasteiger partial charge < -0.3 is 9.84 Å². The molecule has 1 radical (unpaired) electrons. The van der Waals surface area contributed by atoms with Crippen LogP contribution in [0.25, 0.3) is 0 Å². The van der Waals surface area contributed by atoms with Gasteiger partial charge in [0.15, 0.2) is 0 Å². The molecule has 81 valence electrons. The van der Waals surface area contributed by atoms with Gasteiger partial charge in [-0.25, -0.2) is 0 Å². The number of aliphatic hydroxyl groups is 1. The molecule has 0 aromatic heterocycles. The van der Waals surface area contributed by atoms with E-state index in [-0.39, 0.29) is 29.6 Å². The van der Waals surface area contributed by atoms with Crippen LogP contribution < -0.4 is 0 Å². The first-order valence-electron chi connectivity index (χ1n) is 5.36. The summed E-state index contributed by atoms with van der Waals surface area (Å²) in [5.74, 6) is 0. The molecule has 0 heterocycles. The summed E-state index contributed by atoms with van der Waals surface area (Å²) in [6.07, 6.45) is 7.07. The summed E-state index contributed by atoms with van der Waals surface area (Å²) < 4.78 is 5.19. The monoisotopic (exact) mass is 211 g/mol. The first kappa shape index (κ1) is 17.3. The third-order valence-electron chi connectivity index (χ3n) is 1.95. The quantitative estimate of drug-likeness (QED) is 0.466. The van der Waals surface area contributed by atoms with Gasteiger partial charge in [-0.2, -0.15) is 0 Å². The van der Waals surface area contributed by atoms with E-state index in [0.29, 0.717) is 6.61 Å². The fourth-order valence-electron chi connectivity index (χ4n) is 1.20. The van der Waals surface area contributed by atoms with Crippen LogP contribution in [-0.4, -0.2) is 54.0 Å². The molecule has 0 aliphatic rings. The molecule has 0 amide bonds. The summed E-state index contributed by atoms with van der Waals surface area (Å²) >= 11 is 0. The Morgan fingerprint density at radius 3 is 2.29 bits per heavy atom. The maximum absolute atomic E-state index is 8.79. The first-order chi connectivity index (χ1) is 6.27. The summed E-state index contributed by atoms with van der Waals surface area (Å²) in [5.41, 5.74) is 0. The Morgan fingerprint density at radius 2 is 1.71 bits per heavy atom. The number of rotatable bonds is 9. The van der Waals surface area contributed by atoms with Crippen LogP contribution in [0.3, 0.4) is 0 Å². The van der Waals surface area contributed by atoms with E-state index < -0.39 is 6.10 Å². The zero-order valence-electron chi connectivity index (χ0n) is 8.80. The van der Waals surface area contributed by atoms with Crippen molar-refractivity contribution in [2.75, 3.05) is 13.2 Å². The van der Waals surface area contributed by atoms with Crippen LogP contribution in [0.5, 0.6) is 0 Å². The third-order valence-corrected chi connectivity index (χ3v) is 1.95. The van der Waals surface area contributed by atoms with Crippen molar-refractivity contribution in [1.29, 1.82) is 0 Å². The zero-order valence-corrected chi connectivity index (χ0v) is 8.80. The Bertz CT molecular complexity index is 97.3. The molecule has 0 aromatic rings. The number of hydrogen-bond acceptors (Lipinski definition) is 2. The Hall–Kier alpha value is 0.920. The number of hydrogen-bond donors (Lipinski definition) is 1. The summed E-state index contributed by atoms with van der Waals surface area (Å²) in [4.78, 5) is 0. The van der Waals surface area contributed by atoms with E-state index in [9.17, 15) is 0 Å². The zero-order chi connectivity index (χ0) is 9.94. The number of aliphatic hydroxyl groups excluding tert-OH is 1. The average Bonchev–Trinajstić information content (AvgIpc) is 2.09. The molecule has 0 aliphatic heterocycles. The molecular weight excluding hydrogens is 187 g/mol. The number of unbranched alkanes of at least 4 members (excludes halogenated alkanes) is 5. The molecule has 0 rings (SSSR count). The van der Waals surface area contributed by atoms with E-state index >= 15 is 0 Å². The van der Waals surface area contributed by atoms with Crippen LogP contribution in [0, 0.1) is 6.92 Å². The van der Waals surface area contributed by atoms with Gasteiger partial charge in [-0.3, -0.25) is 0 Å². The van der Waals surface area contributed by atoms with Gasteiger partial charge in [-0.05, 0) is 13.3 Å². The normalized spacial score (nSPS) is 12.2. The minimum absolute atomic E-state index is 0. The summed E-state index contributed by atoms with van der Waals surface area (Å²) in [6, 6.07) is 0. The van der Waals surface area contributed by atoms with E-state index in [1.54, 1.807) is 0 Å². The molecule has 0 bridgehead atoms. The van der Waals surface area contributed by atoms with Crippen molar-refractivity contribution in [3.05, 3.63) is 6.92 Å². The Balaban J connectivity index is 0. The predicted octanol–water partition coefficient (Wildman–Crippen LogP) is 1.91. The molecule has 0 spiro atoms. The van der Waals surface area contributed by atoms with Gasteiger partial charge in [0, 0.05) is 6.61 Å². The van der Waals surface area contributed by atoms with Gasteiger partial charge in [0.2, 0.25) is 0 Å². The third kappa shape index (κ3) is 15.4. The van der Waals surface area contributed by atoms with E-state index in [4.69, 9.17) is 9.84 Å². The van der Waals surface area contributed by atoms with Crippen molar-refractivity contribution in [1.82, 2.24) is 0 Å². The van der Waals surface area contributed by atoms with Crippen molar-refractivity contribution in [3.8, 4) is 0 Å². The van der Waals surface area contributed by atoms with E-state index in [1.165, 1.54) is 32.1 Å². The van der Waals surface area contributed by atoms with Crippen molar-refractivity contribution >= 4 is 29.6 Å². The van der Waals surface area contributed by atoms with Crippen LogP contribution in [-0.2, 0) is 4.74 Å². The molecule has 0 aliphatic carbocycles. The summed E-state index contributed by atoms with van der Waals surface area (Å²) in [7, 11) is 0. The van der Waals surface area contributed by atoms with E-state index in [1.807, 2.05) is 0 Å². The van der Waals surface area contributed by atoms with Gasteiger partial charge >= 0.3 is 29.6 Å². The van der Waals surface area contributed by atoms with Crippen LogP contribution >= 0.6 is 0 Å². The van der Waals surface area contributed by atoms with Crippen molar-refractivity contribution in [2.45, 2.75) is 51.6 Å². The van der Waals surface area contributed by atoms with E-state index in [2.05, 4.69) is 13.8 Å². The van der Waals surface area contributed by atoms with Crippen molar-refractivity contribution in [2.24, 2.45) is 0 Å². The van der Waals surface area contributed by atoms with Gasteiger partial charge in [0.1, 0.15) is 0 Å².